The van der Waals surface area contributed by atoms with Crippen LogP contribution in [0.4, 0.5) is 4.39 Å². The Hall–Kier alpha value is -1.35. The Bertz CT molecular complexity index is 653. The number of nitrogens with zero attached hydrogens (tertiary/aromatic N) is 1. The zero-order valence-corrected chi connectivity index (χ0v) is 13.6. The molecule has 1 aliphatic rings. The number of hydrogen-bond donors (Lipinski definition) is 0. The first-order valence-corrected chi connectivity index (χ1v) is 8.39. The molecule has 1 fully saturated rings. The van der Waals surface area contributed by atoms with Crippen molar-refractivity contribution in [3.05, 3.63) is 35.0 Å². The molecule has 0 unspecified atom stereocenters. The van der Waals surface area contributed by atoms with Crippen LogP contribution in [0.2, 0.25) is 5.15 Å². The molecule has 4 heteroatoms. The standard InChI is InChI=1S/C18H21ClFNO/c1-2-12-3-5-13(6-4-12)22-17-9-8-16-14(15(17)11-20)7-10-18(19)21-16/h7-10,12-13H,2-6,11H2,1H3. The predicted octanol–water partition coefficient (Wildman–Crippen LogP) is 5.71. The summed E-state index contributed by atoms with van der Waals surface area (Å²) in [6, 6.07) is 7.19. The van der Waals surface area contributed by atoms with Crippen molar-refractivity contribution in [1.82, 2.24) is 4.98 Å². The minimum atomic E-state index is -0.555. The highest BCUT2D eigenvalue weighted by Gasteiger charge is 2.22. The van der Waals surface area contributed by atoms with Crippen LogP contribution in [0, 0.1) is 5.92 Å². The largest absolute Gasteiger partial charge is 0.490 e. The Labute approximate surface area is 135 Å². The van der Waals surface area contributed by atoms with E-state index in [1.165, 1.54) is 19.3 Å². The SMILES string of the molecule is CCC1CCC(Oc2ccc3nc(Cl)ccc3c2CF)CC1. The summed E-state index contributed by atoms with van der Waals surface area (Å²) in [5.41, 5.74) is 1.29. The van der Waals surface area contributed by atoms with Crippen molar-refractivity contribution in [3.8, 4) is 5.75 Å². The molecule has 0 radical (unpaired) electrons. The van der Waals surface area contributed by atoms with E-state index in [9.17, 15) is 4.39 Å². The van der Waals surface area contributed by atoms with Crippen LogP contribution >= 0.6 is 11.6 Å². The van der Waals surface area contributed by atoms with Crippen LogP contribution in [0.5, 0.6) is 5.75 Å². The van der Waals surface area contributed by atoms with E-state index in [2.05, 4.69) is 11.9 Å². The Morgan fingerprint density at radius 2 is 1.95 bits per heavy atom. The maximum absolute atomic E-state index is 13.5. The first-order chi connectivity index (χ1) is 10.7. The molecule has 22 heavy (non-hydrogen) atoms. The van der Waals surface area contributed by atoms with Crippen molar-refractivity contribution in [3.63, 3.8) is 0 Å². The van der Waals surface area contributed by atoms with Gasteiger partial charge in [0.15, 0.2) is 0 Å². The number of aromatic nitrogens is 1. The monoisotopic (exact) mass is 321 g/mol. The maximum Gasteiger partial charge on any atom is 0.129 e. The summed E-state index contributed by atoms with van der Waals surface area (Å²) in [5, 5.41) is 1.20. The molecule has 0 aliphatic heterocycles. The number of alkyl halides is 1. The van der Waals surface area contributed by atoms with E-state index in [4.69, 9.17) is 16.3 Å². The Balaban J connectivity index is 1.83. The molecule has 3 rings (SSSR count). The fourth-order valence-electron chi connectivity index (χ4n) is 3.31. The van der Waals surface area contributed by atoms with Gasteiger partial charge in [0, 0.05) is 10.9 Å². The minimum absolute atomic E-state index is 0.200. The van der Waals surface area contributed by atoms with E-state index < -0.39 is 6.67 Å². The lowest BCUT2D eigenvalue weighted by atomic mass is 9.86. The van der Waals surface area contributed by atoms with Crippen LogP contribution in [0.25, 0.3) is 10.9 Å². The molecule has 118 valence electrons. The van der Waals surface area contributed by atoms with Gasteiger partial charge in [-0.3, -0.25) is 0 Å². The number of ether oxygens (including phenoxy) is 1. The minimum Gasteiger partial charge on any atom is -0.490 e. The Morgan fingerprint density at radius 1 is 1.18 bits per heavy atom. The van der Waals surface area contributed by atoms with Crippen LogP contribution in [0.1, 0.15) is 44.6 Å². The van der Waals surface area contributed by atoms with Crippen molar-refractivity contribution in [2.45, 2.75) is 51.8 Å². The second-order valence-corrected chi connectivity index (χ2v) is 6.43. The van der Waals surface area contributed by atoms with Gasteiger partial charge < -0.3 is 4.74 Å². The molecule has 0 atom stereocenters. The topological polar surface area (TPSA) is 22.1 Å². The van der Waals surface area contributed by atoms with Gasteiger partial charge in [-0.2, -0.15) is 0 Å². The van der Waals surface area contributed by atoms with Crippen LogP contribution in [0.3, 0.4) is 0 Å². The zero-order valence-electron chi connectivity index (χ0n) is 12.8. The average molecular weight is 322 g/mol. The lowest BCUT2D eigenvalue weighted by Crippen LogP contribution is -2.24. The highest BCUT2D eigenvalue weighted by Crippen LogP contribution is 2.33. The number of fused-ring (bicyclic) bond motifs is 1. The highest BCUT2D eigenvalue weighted by molar-refractivity contribution is 6.29. The lowest BCUT2D eigenvalue weighted by Gasteiger charge is -2.29. The lowest BCUT2D eigenvalue weighted by molar-refractivity contribution is 0.128. The highest BCUT2D eigenvalue weighted by atomic mass is 35.5. The molecule has 0 spiro atoms. The van der Waals surface area contributed by atoms with Crippen LogP contribution < -0.4 is 4.74 Å². The second-order valence-electron chi connectivity index (χ2n) is 6.05. The van der Waals surface area contributed by atoms with E-state index in [1.54, 1.807) is 6.07 Å². The van der Waals surface area contributed by atoms with Crippen molar-refractivity contribution in [1.29, 1.82) is 0 Å². The normalized spacial score (nSPS) is 22.0. The van der Waals surface area contributed by atoms with Gasteiger partial charge in [0.25, 0.3) is 0 Å². The molecule has 0 bridgehead atoms. The van der Waals surface area contributed by atoms with Gasteiger partial charge in [0.2, 0.25) is 0 Å². The maximum atomic E-state index is 13.5. The molecule has 1 aromatic heterocycles. The van der Waals surface area contributed by atoms with Gasteiger partial charge in [0.05, 0.1) is 11.6 Å². The van der Waals surface area contributed by atoms with E-state index in [0.29, 0.717) is 22.0 Å². The summed E-state index contributed by atoms with van der Waals surface area (Å²) in [6.45, 7) is 1.69. The molecular formula is C18H21ClFNO. The average Bonchev–Trinajstić information content (AvgIpc) is 2.55. The smallest absolute Gasteiger partial charge is 0.129 e. The van der Waals surface area contributed by atoms with E-state index in [0.717, 1.165) is 24.1 Å². The second kappa shape index (κ2) is 6.82. The fraction of sp³-hybridized carbons (Fsp3) is 0.500. The van der Waals surface area contributed by atoms with Gasteiger partial charge in [-0.15, -0.1) is 0 Å². The van der Waals surface area contributed by atoms with Gasteiger partial charge >= 0.3 is 0 Å². The molecule has 1 heterocycles. The van der Waals surface area contributed by atoms with E-state index >= 15 is 0 Å². The third-order valence-corrected chi connectivity index (χ3v) is 4.91. The zero-order chi connectivity index (χ0) is 15.5. The van der Waals surface area contributed by atoms with E-state index in [-0.39, 0.29) is 6.10 Å². The van der Waals surface area contributed by atoms with E-state index in [1.807, 2.05) is 18.2 Å². The summed E-state index contributed by atoms with van der Waals surface area (Å²) < 4.78 is 19.7. The third kappa shape index (κ3) is 3.19. The predicted molar refractivity (Wildman–Crippen MR) is 88.2 cm³/mol. The van der Waals surface area contributed by atoms with Crippen LogP contribution in [-0.2, 0) is 6.67 Å². The number of pyridine rings is 1. The Morgan fingerprint density at radius 3 is 2.64 bits per heavy atom. The van der Waals surface area contributed by atoms with Gasteiger partial charge in [-0.05, 0) is 55.9 Å². The van der Waals surface area contributed by atoms with Gasteiger partial charge in [-0.25, -0.2) is 9.37 Å². The molecular weight excluding hydrogens is 301 g/mol. The molecule has 0 N–H and O–H groups in total. The van der Waals surface area contributed by atoms with Gasteiger partial charge in [0.1, 0.15) is 17.6 Å². The molecule has 2 aromatic rings. The molecule has 1 aliphatic carbocycles. The van der Waals surface area contributed by atoms with Crippen LogP contribution in [0.15, 0.2) is 24.3 Å². The van der Waals surface area contributed by atoms with Gasteiger partial charge in [-0.1, -0.05) is 24.9 Å². The molecule has 2 nitrogen and oxygen atoms in total. The van der Waals surface area contributed by atoms with Crippen molar-refractivity contribution in [2.75, 3.05) is 0 Å². The van der Waals surface area contributed by atoms with Crippen LogP contribution in [-0.4, -0.2) is 11.1 Å². The van der Waals surface area contributed by atoms with Crippen molar-refractivity contribution in [2.24, 2.45) is 5.92 Å². The van der Waals surface area contributed by atoms with Crippen molar-refractivity contribution < 1.29 is 9.13 Å². The number of rotatable bonds is 4. The quantitative estimate of drug-likeness (QED) is 0.673. The summed E-state index contributed by atoms with van der Waals surface area (Å²) in [6.07, 6.45) is 5.96. The first kappa shape index (κ1) is 15.5. The molecule has 1 saturated carbocycles. The Kier molecular flexibility index (Phi) is 4.82. The molecule has 0 saturated heterocycles. The number of halogens is 2. The summed E-state index contributed by atoms with van der Waals surface area (Å²) in [7, 11) is 0. The number of benzene rings is 1. The summed E-state index contributed by atoms with van der Waals surface area (Å²) >= 11 is 5.90. The summed E-state index contributed by atoms with van der Waals surface area (Å²) in [4.78, 5) is 4.24. The molecule has 0 amide bonds. The first-order valence-electron chi connectivity index (χ1n) is 8.02. The number of hydrogen-bond acceptors (Lipinski definition) is 2. The fourth-order valence-corrected chi connectivity index (χ4v) is 3.46. The summed E-state index contributed by atoms with van der Waals surface area (Å²) in [5.74, 6) is 1.47. The van der Waals surface area contributed by atoms with Crippen molar-refractivity contribution >= 4 is 22.5 Å². The molecule has 1 aromatic carbocycles. The third-order valence-electron chi connectivity index (χ3n) is 4.70.